The Morgan fingerprint density at radius 1 is 1.00 bits per heavy atom. The molecule has 3 aromatic rings. The fourth-order valence-corrected chi connectivity index (χ4v) is 4.26. The Kier molecular flexibility index (Phi) is 2.03. The Morgan fingerprint density at radius 2 is 1.80 bits per heavy atom. The molecule has 0 fully saturated rings. The molecule has 0 spiro atoms. The first kappa shape index (κ1) is 9.29. The molecule has 74 valence electrons. The number of hydrogen-bond acceptors (Lipinski definition) is 1. The summed E-state index contributed by atoms with van der Waals surface area (Å²) in [5.41, 5.74) is 0. The van der Waals surface area contributed by atoms with Crippen LogP contribution in [0.2, 0.25) is 5.02 Å². The number of aromatic hydroxyl groups is 1. The molecule has 3 heteroatoms. The molecule has 1 N–H and O–H groups in total. The molecule has 1 nitrogen and oxygen atoms in total. The van der Waals surface area contributed by atoms with E-state index in [0.29, 0.717) is 19.5 Å². The van der Waals surface area contributed by atoms with Gasteiger partial charge in [0, 0.05) is 0 Å². The molecule has 2 aromatic carbocycles. The number of hydrogen-bond donors (Lipinski definition) is 1. The second-order valence-electron chi connectivity index (χ2n) is 3.37. The average molecular weight is 282 g/mol. The molecule has 1 heterocycles. The molecule has 3 rings (SSSR count). The van der Waals surface area contributed by atoms with Crippen molar-refractivity contribution >= 4 is 45.4 Å². The first-order chi connectivity index (χ1) is 7.27. The van der Waals surface area contributed by atoms with Crippen molar-refractivity contribution in [2.75, 3.05) is 0 Å². The van der Waals surface area contributed by atoms with E-state index in [4.69, 9.17) is 11.6 Å². The van der Waals surface area contributed by atoms with E-state index in [2.05, 4.69) is 6.07 Å². The summed E-state index contributed by atoms with van der Waals surface area (Å²) in [4.78, 5) is 0. The van der Waals surface area contributed by atoms with E-state index >= 15 is 0 Å². The van der Waals surface area contributed by atoms with E-state index < -0.39 is 0 Å². The number of phenols is 1. The molecule has 0 radical (unpaired) electrons. The zero-order valence-electron chi connectivity index (χ0n) is 7.70. The summed E-state index contributed by atoms with van der Waals surface area (Å²) in [7, 11) is 0. The van der Waals surface area contributed by atoms with E-state index in [1.165, 1.54) is 8.52 Å². The first-order valence-electron chi connectivity index (χ1n) is 4.56. The second kappa shape index (κ2) is 3.28. The fourth-order valence-electron chi connectivity index (χ4n) is 1.77. The van der Waals surface area contributed by atoms with Crippen molar-refractivity contribution < 1.29 is 5.11 Å². The first-order valence-corrected chi connectivity index (χ1v) is 6.65. The summed E-state index contributed by atoms with van der Waals surface area (Å²) in [5, 5.41) is 12.4. The minimum absolute atomic E-state index is 0.223. The molecule has 0 unspecified atom stereocenters. The van der Waals surface area contributed by atoms with Gasteiger partial charge >= 0.3 is 97.7 Å². The molecule has 0 amide bonds. The monoisotopic (exact) mass is 282 g/mol. The van der Waals surface area contributed by atoms with Crippen LogP contribution in [0.5, 0.6) is 5.75 Å². The molecule has 0 saturated carbocycles. The quantitative estimate of drug-likeness (QED) is 0.626. The van der Waals surface area contributed by atoms with Gasteiger partial charge in [0.2, 0.25) is 0 Å². The number of halogens is 1. The standard InChI is InChI=1S/C12H7ClOSe/c13-8-5-6-10-11(12(8)14)7-3-1-2-4-9(7)15-10/h1-6,14H. The van der Waals surface area contributed by atoms with Crippen molar-refractivity contribution in [3.63, 3.8) is 0 Å². The van der Waals surface area contributed by atoms with E-state index in [-0.39, 0.29) is 5.75 Å². The Hall–Kier alpha value is -0.951. The summed E-state index contributed by atoms with van der Waals surface area (Å²) in [6.07, 6.45) is 0. The van der Waals surface area contributed by atoms with Gasteiger partial charge in [-0.15, -0.1) is 0 Å². The van der Waals surface area contributed by atoms with E-state index in [1.807, 2.05) is 24.3 Å². The number of benzene rings is 2. The summed E-state index contributed by atoms with van der Waals surface area (Å²) >= 11 is 6.22. The molecular formula is C12H7ClOSe. The van der Waals surface area contributed by atoms with E-state index in [9.17, 15) is 5.11 Å². The van der Waals surface area contributed by atoms with Crippen LogP contribution in [-0.2, 0) is 0 Å². The Morgan fingerprint density at radius 3 is 2.67 bits per heavy atom. The van der Waals surface area contributed by atoms with Crippen LogP contribution in [0, 0.1) is 0 Å². The maximum atomic E-state index is 9.94. The van der Waals surface area contributed by atoms with Crippen molar-refractivity contribution in [1.29, 1.82) is 0 Å². The molecule has 0 aliphatic rings. The van der Waals surface area contributed by atoms with Crippen LogP contribution in [0.3, 0.4) is 0 Å². The number of phenolic OH excluding ortho intramolecular Hbond substituents is 1. The van der Waals surface area contributed by atoms with Crippen molar-refractivity contribution in [3.05, 3.63) is 41.4 Å². The third-order valence-electron chi connectivity index (χ3n) is 2.47. The van der Waals surface area contributed by atoms with Gasteiger partial charge in [0.1, 0.15) is 0 Å². The van der Waals surface area contributed by atoms with E-state index in [1.54, 1.807) is 6.07 Å². The van der Waals surface area contributed by atoms with Gasteiger partial charge < -0.3 is 0 Å². The van der Waals surface area contributed by atoms with Gasteiger partial charge in [0.05, 0.1) is 0 Å². The summed E-state index contributed by atoms with van der Waals surface area (Å²) < 4.78 is 2.53. The van der Waals surface area contributed by atoms with Gasteiger partial charge in [0.25, 0.3) is 0 Å². The summed E-state index contributed by atoms with van der Waals surface area (Å²) in [5.74, 6) is 0.223. The van der Waals surface area contributed by atoms with E-state index in [0.717, 1.165) is 10.8 Å². The molecular weight excluding hydrogens is 275 g/mol. The molecule has 0 aliphatic heterocycles. The van der Waals surface area contributed by atoms with Gasteiger partial charge in [-0.1, -0.05) is 0 Å². The topological polar surface area (TPSA) is 20.2 Å². The molecule has 0 aliphatic carbocycles. The molecule has 0 bridgehead atoms. The molecule has 15 heavy (non-hydrogen) atoms. The maximum absolute atomic E-state index is 9.94. The van der Waals surface area contributed by atoms with Crippen LogP contribution >= 0.6 is 11.6 Å². The van der Waals surface area contributed by atoms with Crippen LogP contribution < -0.4 is 0 Å². The fraction of sp³-hybridized carbons (Fsp3) is 0. The van der Waals surface area contributed by atoms with Crippen LogP contribution in [0.4, 0.5) is 0 Å². The van der Waals surface area contributed by atoms with Gasteiger partial charge in [-0.25, -0.2) is 0 Å². The predicted molar refractivity (Wildman–Crippen MR) is 65.1 cm³/mol. The van der Waals surface area contributed by atoms with Gasteiger partial charge in [-0.05, 0) is 0 Å². The zero-order chi connectivity index (χ0) is 10.4. The normalized spacial score (nSPS) is 11.3. The predicted octanol–water partition coefficient (Wildman–Crippen LogP) is 3.41. The summed E-state index contributed by atoms with van der Waals surface area (Å²) in [6.45, 7) is 0. The van der Waals surface area contributed by atoms with Gasteiger partial charge in [-0.2, -0.15) is 0 Å². The Bertz CT molecular complexity index is 657. The van der Waals surface area contributed by atoms with Crippen molar-refractivity contribution in [1.82, 2.24) is 0 Å². The van der Waals surface area contributed by atoms with Crippen LogP contribution in [0.25, 0.3) is 19.3 Å². The Labute approximate surface area is 97.6 Å². The minimum atomic E-state index is 0.223. The molecule has 0 atom stereocenters. The molecule has 0 saturated heterocycles. The zero-order valence-corrected chi connectivity index (χ0v) is 10.2. The van der Waals surface area contributed by atoms with Crippen LogP contribution in [0.15, 0.2) is 36.4 Å². The number of rotatable bonds is 0. The summed E-state index contributed by atoms with van der Waals surface area (Å²) in [6, 6.07) is 12.0. The third kappa shape index (κ3) is 1.30. The SMILES string of the molecule is Oc1c(Cl)ccc2[se]c3ccccc3c12. The van der Waals surface area contributed by atoms with Crippen LogP contribution in [-0.4, -0.2) is 19.6 Å². The van der Waals surface area contributed by atoms with Crippen molar-refractivity contribution in [3.8, 4) is 5.75 Å². The van der Waals surface area contributed by atoms with Crippen molar-refractivity contribution in [2.24, 2.45) is 0 Å². The van der Waals surface area contributed by atoms with Gasteiger partial charge in [0.15, 0.2) is 0 Å². The van der Waals surface area contributed by atoms with Gasteiger partial charge in [-0.3, -0.25) is 0 Å². The van der Waals surface area contributed by atoms with Crippen LogP contribution in [0.1, 0.15) is 0 Å². The van der Waals surface area contributed by atoms with Crippen molar-refractivity contribution in [2.45, 2.75) is 0 Å². The Balaban J connectivity index is 2.63. The average Bonchev–Trinajstić information content (AvgIpc) is 2.62. The third-order valence-corrected chi connectivity index (χ3v) is 5.16. The molecule has 1 aromatic heterocycles. The second-order valence-corrected chi connectivity index (χ2v) is 6.05. The number of fused-ring (bicyclic) bond motifs is 3.